The van der Waals surface area contributed by atoms with Crippen LogP contribution < -0.4 is 5.46 Å². The van der Waals surface area contributed by atoms with Gasteiger partial charge in [0.25, 0.3) is 0 Å². The fourth-order valence-corrected chi connectivity index (χ4v) is 2.48. The molecule has 2 heterocycles. The molecule has 0 aliphatic carbocycles. The summed E-state index contributed by atoms with van der Waals surface area (Å²) in [5.41, 5.74) is 2.59. The summed E-state index contributed by atoms with van der Waals surface area (Å²) >= 11 is 0. The summed E-state index contributed by atoms with van der Waals surface area (Å²) in [4.78, 5) is 0. The van der Waals surface area contributed by atoms with E-state index < -0.39 is 0 Å². The Bertz CT molecular complexity index is 648. The Balaban J connectivity index is 1.94. The quantitative estimate of drug-likeness (QED) is 0.794. The van der Waals surface area contributed by atoms with E-state index in [1.165, 1.54) is 0 Å². The Morgan fingerprint density at radius 2 is 1.71 bits per heavy atom. The number of rotatable bonds is 2. The fourth-order valence-electron chi connectivity index (χ4n) is 2.48. The molecule has 1 aromatic carbocycles. The summed E-state index contributed by atoms with van der Waals surface area (Å²) in [5.74, 6) is 0. The summed E-state index contributed by atoms with van der Waals surface area (Å²) in [6.45, 7) is 8.27. The van der Waals surface area contributed by atoms with E-state index in [-0.39, 0.29) is 18.3 Å². The van der Waals surface area contributed by atoms with Gasteiger partial charge in [0.1, 0.15) is 0 Å². The SMILES string of the molecule is Cn1nccc1-c1cccc(B2OC(C)(C)C(C)(C)O2)c1. The van der Waals surface area contributed by atoms with Crippen LogP contribution in [0.5, 0.6) is 0 Å². The molecule has 0 unspecified atom stereocenters. The largest absolute Gasteiger partial charge is 0.494 e. The molecule has 1 aliphatic heterocycles. The molecule has 1 aromatic heterocycles. The molecule has 21 heavy (non-hydrogen) atoms. The molecule has 2 aromatic rings. The van der Waals surface area contributed by atoms with Crippen LogP contribution in [0.15, 0.2) is 36.5 Å². The summed E-state index contributed by atoms with van der Waals surface area (Å²) < 4.78 is 14.1. The lowest BCUT2D eigenvalue weighted by Crippen LogP contribution is -2.41. The van der Waals surface area contributed by atoms with Gasteiger partial charge < -0.3 is 9.31 Å². The van der Waals surface area contributed by atoms with Crippen molar-refractivity contribution in [3.05, 3.63) is 36.5 Å². The van der Waals surface area contributed by atoms with Crippen molar-refractivity contribution >= 4 is 12.6 Å². The highest BCUT2D eigenvalue weighted by Gasteiger charge is 2.51. The van der Waals surface area contributed by atoms with Crippen LogP contribution in [0.3, 0.4) is 0 Å². The topological polar surface area (TPSA) is 36.3 Å². The second-order valence-corrected chi connectivity index (χ2v) is 6.55. The van der Waals surface area contributed by atoms with Gasteiger partial charge in [0, 0.05) is 13.2 Å². The van der Waals surface area contributed by atoms with E-state index in [9.17, 15) is 0 Å². The molecule has 0 saturated carbocycles. The van der Waals surface area contributed by atoms with Crippen LogP contribution in [0.25, 0.3) is 11.3 Å². The molecular weight excluding hydrogens is 263 g/mol. The molecular formula is C16H21BN2O2. The first-order valence-electron chi connectivity index (χ1n) is 7.24. The summed E-state index contributed by atoms with van der Waals surface area (Å²) in [7, 11) is 1.61. The van der Waals surface area contributed by atoms with Crippen molar-refractivity contribution in [2.75, 3.05) is 0 Å². The number of aromatic nitrogens is 2. The third-order valence-electron chi connectivity index (χ3n) is 4.53. The van der Waals surface area contributed by atoms with Crippen LogP contribution in [0, 0.1) is 0 Å². The Morgan fingerprint density at radius 3 is 2.29 bits per heavy atom. The molecule has 1 fully saturated rings. The van der Waals surface area contributed by atoms with Gasteiger partial charge in [-0.15, -0.1) is 0 Å². The van der Waals surface area contributed by atoms with Crippen LogP contribution in [-0.4, -0.2) is 28.1 Å². The highest BCUT2D eigenvalue weighted by Crippen LogP contribution is 2.36. The molecule has 0 bridgehead atoms. The van der Waals surface area contributed by atoms with Gasteiger partial charge in [-0.25, -0.2) is 0 Å². The average Bonchev–Trinajstić information content (AvgIpc) is 2.92. The first-order valence-corrected chi connectivity index (χ1v) is 7.24. The number of benzene rings is 1. The number of aryl methyl sites for hydroxylation is 1. The average molecular weight is 284 g/mol. The predicted octanol–water partition coefficient (Wildman–Crippen LogP) is 2.39. The fraction of sp³-hybridized carbons (Fsp3) is 0.438. The van der Waals surface area contributed by atoms with E-state index in [1.807, 2.05) is 29.9 Å². The first-order chi connectivity index (χ1) is 9.80. The van der Waals surface area contributed by atoms with Gasteiger partial charge in [-0.2, -0.15) is 5.10 Å². The monoisotopic (exact) mass is 284 g/mol. The van der Waals surface area contributed by atoms with E-state index in [2.05, 4.69) is 44.9 Å². The van der Waals surface area contributed by atoms with E-state index in [1.54, 1.807) is 6.20 Å². The van der Waals surface area contributed by atoms with Gasteiger partial charge in [0.05, 0.1) is 16.9 Å². The van der Waals surface area contributed by atoms with Crippen molar-refractivity contribution < 1.29 is 9.31 Å². The Kier molecular flexibility index (Phi) is 3.22. The zero-order chi connectivity index (χ0) is 15.3. The molecule has 1 aliphatic rings. The van der Waals surface area contributed by atoms with Gasteiger partial charge in [0.2, 0.25) is 0 Å². The molecule has 4 nitrogen and oxygen atoms in total. The normalized spacial score (nSPS) is 20.0. The van der Waals surface area contributed by atoms with E-state index in [4.69, 9.17) is 9.31 Å². The van der Waals surface area contributed by atoms with Crippen LogP contribution in [0.1, 0.15) is 27.7 Å². The van der Waals surface area contributed by atoms with Crippen LogP contribution in [0.4, 0.5) is 0 Å². The van der Waals surface area contributed by atoms with Gasteiger partial charge in [0.15, 0.2) is 0 Å². The maximum absolute atomic E-state index is 6.11. The molecule has 0 N–H and O–H groups in total. The van der Waals surface area contributed by atoms with E-state index in [0.717, 1.165) is 16.7 Å². The van der Waals surface area contributed by atoms with E-state index in [0.29, 0.717) is 0 Å². The predicted molar refractivity (Wildman–Crippen MR) is 84.4 cm³/mol. The number of hydrogen-bond acceptors (Lipinski definition) is 3. The van der Waals surface area contributed by atoms with Gasteiger partial charge in [-0.3, -0.25) is 4.68 Å². The minimum absolute atomic E-state index is 0.319. The molecule has 0 amide bonds. The van der Waals surface area contributed by atoms with Crippen LogP contribution in [0.2, 0.25) is 0 Å². The molecule has 0 radical (unpaired) electrons. The van der Waals surface area contributed by atoms with Crippen molar-refractivity contribution in [2.24, 2.45) is 7.05 Å². The summed E-state index contributed by atoms with van der Waals surface area (Å²) in [6.07, 6.45) is 1.80. The Labute approximate surface area is 126 Å². The third-order valence-corrected chi connectivity index (χ3v) is 4.53. The number of hydrogen-bond donors (Lipinski definition) is 0. The van der Waals surface area contributed by atoms with Crippen molar-refractivity contribution in [1.82, 2.24) is 9.78 Å². The lowest BCUT2D eigenvalue weighted by atomic mass is 9.78. The standard InChI is InChI=1S/C16H21BN2O2/c1-15(2)16(3,4)21-17(20-15)13-8-6-7-12(11-13)14-9-10-18-19(14)5/h6-11H,1-5H3. The van der Waals surface area contributed by atoms with Gasteiger partial charge in [-0.05, 0) is 44.8 Å². The lowest BCUT2D eigenvalue weighted by Gasteiger charge is -2.32. The Morgan fingerprint density at radius 1 is 1.05 bits per heavy atom. The highest BCUT2D eigenvalue weighted by atomic mass is 16.7. The van der Waals surface area contributed by atoms with E-state index >= 15 is 0 Å². The molecule has 5 heteroatoms. The second kappa shape index (κ2) is 4.72. The van der Waals surface area contributed by atoms with Crippen molar-refractivity contribution in [3.63, 3.8) is 0 Å². The zero-order valence-corrected chi connectivity index (χ0v) is 13.3. The minimum Gasteiger partial charge on any atom is -0.399 e. The minimum atomic E-state index is -0.330. The highest BCUT2D eigenvalue weighted by molar-refractivity contribution is 6.62. The van der Waals surface area contributed by atoms with Gasteiger partial charge >= 0.3 is 7.12 Å². The maximum atomic E-state index is 6.11. The lowest BCUT2D eigenvalue weighted by molar-refractivity contribution is 0.00578. The summed E-state index contributed by atoms with van der Waals surface area (Å²) in [6, 6.07) is 10.3. The number of nitrogens with zero attached hydrogens (tertiary/aromatic N) is 2. The maximum Gasteiger partial charge on any atom is 0.494 e. The van der Waals surface area contributed by atoms with Crippen molar-refractivity contribution in [3.8, 4) is 11.3 Å². The van der Waals surface area contributed by atoms with Crippen LogP contribution >= 0.6 is 0 Å². The smallest absolute Gasteiger partial charge is 0.399 e. The molecule has 110 valence electrons. The third kappa shape index (κ3) is 2.41. The van der Waals surface area contributed by atoms with Gasteiger partial charge in [-0.1, -0.05) is 24.3 Å². The molecule has 0 spiro atoms. The van der Waals surface area contributed by atoms with Crippen molar-refractivity contribution in [1.29, 1.82) is 0 Å². The zero-order valence-electron chi connectivity index (χ0n) is 13.3. The molecule has 3 rings (SSSR count). The summed E-state index contributed by atoms with van der Waals surface area (Å²) in [5, 5.41) is 4.22. The molecule has 1 saturated heterocycles. The molecule has 0 atom stereocenters. The Hall–Kier alpha value is -1.59. The van der Waals surface area contributed by atoms with Crippen LogP contribution in [-0.2, 0) is 16.4 Å². The second-order valence-electron chi connectivity index (χ2n) is 6.55. The van der Waals surface area contributed by atoms with Crippen molar-refractivity contribution in [2.45, 2.75) is 38.9 Å². The first kappa shape index (κ1) is 14.4.